The molecule has 0 unspecified atom stereocenters. The van der Waals surface area contributed by atoms with E-state index in [2.05, 4.69) is 42.0 Å². The van der Waals surface area contributed by atoms with Crippen LogP contribution in [0.15, 0.2) is 22.7 Å². The van der Waals surface area contributed by atoms with Crippen molar-refractivity contribution in [2.75, 3.05) is 19.7 Å². The molecule has 11 heteroatoms. The fourth-order valence-corrected chi connectivity index (χ4v) is 7.86. The minimum atomic E-state index is -1.41. The van der Waals surface area contributed by atoms with Crippen molar-refractivity contribution in [1.82, 2.24) is 15.1 Å². The maximum absolute atomic E-state index is 14.8. The highest BCUT2D eigenvalue weighted by atomic mass is 79.9. The zero-order valence-electron chi connectivity index (χ0n) is 25.1. The van der Waals surface area contributed by atoms with E-state index in [1.54, 1.807) is 24.8 Å². The second-order valence-electron chi connectivity index (χ2n) is 13.7. The average Bonchev–Trinajstić information content (AvgIpc) is 3.45. The first-order valence-corrected chi connectivity index (χ1v) is 15.3. The first-order valence-electron chi connectivity index (χ1n) is 14.5. The van der Waals surface area contributed by atoms with E-state index < -0.39 is 59.1 Å². The summed E-state index contributed by atoms with van der Waals surface area (Å²) in [7, 11) is 0. The summed E-state index contributed by atoms with van der Waals surface area (Å²) in [5.41, 5.74) is -2.15. The number of allylic oxidation sites excluding steroid dienone is 1. The van der Waals surface area contributed by atoms with Crippen LogP contribution in [0.4, 0.5) is 0 Å². The summed E-state index contributed by atoms with van der Waals surface area (Å²) < 4.78 is 12.8. The molecule has 2 N–H and O–H groups in total. The number of ether oxygens (including phenoxy) is 2. The molecule has 0 aromatic heterocycles. The van der Waals surface area contributed by atoms with Gasteiger partial charge in [-0.05, 0) is 52.0 Å². The Kier molecular flexibility index (Phi) is 8.85. The van der Waals surface area contributed by atoms with Gasteiger partial charge < -0.3 is 29.7 Å². The van der Waals surface area contributed by atoms with Crippen LogP contribution in [0.5, 0.6) is 0 Å². The van der Waals surface area contributed by atoms with Crippen molar-refractivity contribution in [2.45, 2.75) is 103 Å². The van der Waals surface area contributed by atoms with Crippen LogP contribution in [-0.4, -0.2) is 93.7 Å². The third kappa shape index (κ3) is 5.86. The molecule has 2 saturated heterocycles. The van der Waals surface area contributed by atoms with E-state index in [0.29, 0.717) is 17.3 Å². The number of nitrogens with one attached hydrogen (secondary N) is 1. The molecule has 10 nitrogen and oxygen atoms in total. The van der Waals surface area contributed by atoms with Crippen LogP contribution in [0, 0.1) is 17.3 Å². The van der Waals surface area contributed by atoms with Crippen molar-refractivity contribution >= 4 is 39.6 Å². The van der Waals surface area contributed by atoms with E-state index in [1.807, 2.05) is 26.0 Å². The standard InChI is InChI=1S/C30H44BrN3O7/c1-17(15-35)34-24-26(38)33(29(6,7)16-28(3,4)5)12-10-8-9-11-20(36)32-14-18(2)40-27(39)21-22(25(34)37)30(24)13-19(31)23(21)41-30/h8,10,13,17-18,21-24,35H,9,11-12,14-16H2,1-7H3,(H,32,36)/b10-8-/t17-,18-,21+,22-,23+,24+,30-/m1/s1. The van der Waals surface area contributed by atoms with Crippen LogP contribution in [0.3, 0.4) is 0 Å². The lowest BCUT2D eigenvalue weighted by atomic mass is 9.74. The van der Waals surface area contributed by atoms with Gasteiger partial charge in [-0.2, -0.15) is 0 Å². The lowest BCUT2D eigenvalue weighted by Crippen LogP contribution is -2.62. The van der Waals surface area contributed by atoms with E-state index in [0.717, 1.165) is 0 Å². The van der Waals surface area contributed by atoms with E-state index in [-0.39, 0.29) is 43.3 Å². The van der Waals surface area contributed by atoms with Crippen LogP contribution in [0.1, 0.15) is 67.7 Å². The summed E-state index contributed by atoms with van der Waals surface area (Å²) in [5, 5.41) is 13.0. The summed E-state index contributed by atoms with van der Waals surface area (Å²) in [5.74, 6) is -3.51. The van der Waals surface area contributed by atoms with Crippen molar-refractivity contribution in [2.24, 2.45) is 17.3 Å². The number of carbonyl (C=O) groups excluding carboxylic acids is 4. The molecule has 0 radical (unpaired) electrons. The predicted octanol–water partition coefficient (Wildman–Crippen LogP) is 2.68. The van der Waals surface area contributed by atoms with Gasteiger partial charge in [0, 0.05) is 23.0 Å². The number of amides is 3. The molecule has 0 aliphatic carbocycles. The van der Waals surface area contributed by atoms with Gasteiger partial charge in [-0.3, -0.25) is 19.2 Å². The van der Waals surface area contributed by atoms with Crippen molar-refractivity contribution in [1.29, 1.82) is 0 Å². The van der Waals surface area contributed by atoms with Gasteiger partial charge in [0.05, 0.1) is 25.1 Å². The number of halogens is 1. The highest BCUT2D eigenvalue weighted by molar-refractivity contribution is 9.11. The molecule has 228 valence electrons. The molecule has 0 aromatic rings. The molecule has 41 heavy (non-hydrogen) atoms. The van der Waals surface area contributed by atoms with Gasteiger partial charge in [0.2, 0.25) is 17.7 Å². The summed E-state index contributed by atoms with van der Waals surface area (Å²) in [6.45, 7) is 13.8. The Morgan fingerprint density at radius 3 is 2.46 bits per heavy atom. The third-order valence-electron chi connectivity index (χ3n) is 8.47. The second kappa shape index (κ2) is 11.4. The quantitative estimate of drug-likeness (QED) is 0.359. The van der Waals surface area contributed by atoms with Crippen LogP contribution in [0.25, 0.3) is 0 Å². The van der Waals surface area contributed by atoms with Gasteiger partial charge in [-0.25, -0.2) is 0 Å². The Labute approximate surface area is 251 Å². The molecule has 2 fully saturated rings. The minimum absolute atomic E-state index is 0.111. The number of esters is 1. The fourth-order valence-electron chi connectivity index (χ4n) is 7.12. The Morgan fingerprint density at radius 2 is 1.83 bits per heavy atom. The van der Waals surface area contributed by atoms with Gasteiger partial charge in [-0.1, -0.05) is 48.9 Å². The number of fused-ring (bicyclic) bond motifs is 2. The maximum Gasteiger partial charge on any atom is 0.313 e. The number of likely N-dealkylation sites (tertiary alicyclic amines) is 1. The zero-order chi connectivity index (χ0) is 30.5. The average molecular weight is 639 g/mol. The zero-order valence-corrected chi connectivity index (χ0v) is 26.7. The van der Waals surface area contributed by atoms with Crippen LogP contribution in [-0.2, 0) is 28.7 Å². The van der Waals surface area contributed by atoms with Crippen molar-refractivity contribution in [3.8, 4) is 0 Å². The maximum atomic E-state index is 14.8. The van der Waals surface area contributed by atoms with Gasteiger partial charge in [-0.15, -0.1) is 0 Å². The van der Waals surface area contributed by atoms with Crippen LogP contribution in [0.2, 0.25) is 0 Å². The minimum Gasteiger partial charge on any atom is -0.460 e. The monoisotopic (exact) mass is 637 g/mol. The summed E-state index contributed by atoms with van der Waals surface area (Å²) in [6.07, 6.45) is 5.52. The van der Waals surface area contributed by atoms with E-state index >= 15 is 0 Å². The molecule has 1 spiro atoms. The smallest absolute Gasteiger partial charge is 0.313 e. The lowest BCUT2D eigenvalue weighted by molar-refractivity contribution is -0.160. The number of aliphatic hydroxyl groups is 1. The highest BCUT2D eigenvalue weighted by Crippen LogP contribution is 2.59. The summed E-state index contributed by atoms with van der Waals surface area (Å²) in [4.78, 5) is 58.2. The predicted molar refractivity (Wildman–Crippen MR) is 156 cm³/mol. The largest absolute Gasteiger partial charge is 0.460 e. The third-order valence-corrected chi connectivity index (χ3v) is 9.15. The molecule has 4 heterocycles. The number of carbonyl (C=O) groups is 4. The number of aliphatic hydroxyl groups excluding tert-OH is 1. The highest BCUT2D eigenvalue weighted by Gasteiger charge is 2.75. The van der Waals surface area contributed by atoms with Crippen molar-refractivity contribution in [3.05, 3.63) is 22.7 Å². The van der Waals surface area contributed by atoms with Gasteiger partial charge >= 0.3 is 5.97 Å². The molecular formula is C30H44BrN3O7. The van der Waals surface area contributed by atoms with E-state index in [9.17, 15) is 24.3 Å². The molecule has 0 aromatic carbocycles. The van der Waals surface area contributed by atoms with Crippen molar-refractivity contribution < 1.29 is 33.8 Å². The SMILES string of the molecule is C[C@@H]1CNC(=O)CC/C=C\CN(C(C)(C)CC(C)(C)C)C(=O)[C@@H]2N([C@H](C)CO)C(=O)[C@H]3[C@H](C(=O)O1)[C@H]1O[C@@]23C=C1Br. The molecule has 4 aliphatic heterocycles. The molecular weight excluding hydrogens is 594 g/mol. The molecule has 5 bridgehead atoms. The van der Waals surface area contributed by atoms with Crippen LogP contribution < -0.4 is 5.32 Å². The number of hydrogen-bond donors (Lipinski definition) is 2. The Hall–Kier alpha value is -2.24. The lowest BCUT2D eigenvalue weighted by Gasteiger charge is -2.46. The topological polar surface area (TPSA) is 125 Å². The van der Waals surface area contributed by atoms with Gasteiger partial charge in [0.15, 0.2) is 0 Å². The summed E-state index contributed by atoms with van der Waals surface area (Å²) >= 11 is 3.54. The first-order chi connectivity index (χ1) is 19.0. The molecule has 4 aliphatic rings. The Morgan fingerprint density at radius 1 is 1.15 bits per heavy atom. The molecule has 7 atom stereocenters. The Bertz CT molecular complexity index is 1150. The molecule has 3 amide bonds. The second-order valence-corrected chi connectivity index (χ2v) is 14.6. The van der Waals surface area contributed by atoms with Gasteiger partial charge in [0.1, 0.15) is 29.8 Å². The number of nitrogens with zero attached hydrogens (tertiary/aromatic N) is 2. The Balaban J connectivity index is 1.86. The molecule has 4 rings (SSSR count). The fraction of sp³-hybridized carbons (Fsp3) is 0.733. The van der Waals surface area contributed by atoms with E-state index in [1.165, 1.54) is 4.90 Å². The van der Waals surface area contributed by atoms with E-state index in [4.69, 9.17) is 9.47 Å². The van der Waals surface area contributed by atoms with Crippen molar-refractivity contribution in [3.63, 3.8) is 0 Å². The summed E-state index contributed by atoms with van der Waals surface area (Å²) in [6, 6.07) is -1.78. The molecule has 0 saturated carbocycles. The number of hydrogen-bond acceptors (Lipinski definition) is 7. The first kappa shape index (κ1) is 31.7. The van der Waals surface area contributed by atoms with Crippen LogP contribution >= 0.6 is 15.9 Å². The normalized spacial score (nSPS) is 34.8. The number of rotatable bonds is 4. The number of cyclic esters (lactones) is 1. The van der Waals surface area contributed by atoms with Gasteiger partial charge in [0.25, 0.3) is 0 Å².